The summed E-state index contributed by atoms with van der Waals surface area (Å²) in [5.41, 5.74) is 0.882. The number of nitrogens with one attached hydrogen (secondary N) is 1. The van der Waals surface area contributed by atoms with Gasteiger partial charge in [0, 0.05) is 5.56 Å². The first-order chi connectivity index (χ1) is 10.5. The van der Waals surface area contributed by atoms with Crippen molar-refractivity contribution in [1.29, 1.82) is 0 Å². The molecule has 2 rings (SSSR count). The minimum atomic E-state index is -1.03. The van der Waals surface area contributed by atoms with Crippen LogP contribution in [-0.4, -0.2) is 23.6 Å². The molecular weight excluding hydrogens is 302 g/mol. The fourth-order valence-corrected chi connectivity index (χ4v) is 2.79. The maximum atomic E-state index is 12.2. The number of para-hydroxylation sites is 1. The number of rotatable bonds is 6. The Morgan fingerprint density at radius 2 is 1.91 bits per heavy atom. The molecule has 22 heavy (non-hydrogen) atoms. The van der Waals surface area contributed by atoms with Gasteiger partial charge in [0.25, 0.3) is 5.91 Å². The molecule has 1 heterocycles. The standard InChI is InChI=1S/C16H17NO4S/c1-3-21-12-7-5-4-6-11(12)10(2)17-15(18)13-8-9-14(22-13)16(19)20/h4-10H,3H2,1-2H3,(H,17,18)(H,19,20). The Labute approximate surface area is 132 Å². The lowest BCUT2D eigenvalue weighted by molar-refractivity contribution is 0.0702. The highest BCUT2D eigenvalue weighted by Gasteiger charge is 2.17. The first-order valence-electron chi connectivity index (χ1n) is 6.88. The molecule has 0 radical (unpaired) electrons. The van der Waals surface area contributed by atoms with Crippen LogP contribution in [0.2, 0.25) is 0 Å². The summed E-state index contributed by atoms with van der Waals surface area (Å²) in [6.45, 7) is 4.31. The third-order valence-electron chi connectivity index (χ3n) is 3.07. The molecule has 0 aliphatic carbocycles. The Balaban J connectivity index is 2.12. The summed E-state index contributed by atoms with van der Waals surface area (Å²) in [4.78, 5) is 23.6. The van der Waals surface area contributed by atoms with Crippen molar-refractivity contribution in [2.45, 2.75) is 19.9 Å². The molecular formula is C16H17NO4S. The van der Waals surface area contributed by atoms with Crippen LogP contribution in [0.5, 0.6) is 5.75 Å². The SMILES string of the molecule is CCOc1ccccc1C(C)NC(=O)c1ccc(C(=O)O)s1. The summed E-state index contributed by atoms with van der Waals surface area (Å²) in [6, 6.07) is 10.2. The second-order valence-electron chi connectivity index (χ2n) is 4.64. The lowest BCUT2D eigenvalue weighted by atomic mass is 10.1. The van der Waals surface area contributed by atoms with E-state index in [1.807, 2.05) is 38.1 Å². The molecule has 0 saturated heterocycles. The number of carbonyl (C=O) groups excluding carboxylic acids is 1. The molecule has 1 unspecified atom stereocenters. The van der Waals surface area contributed by atoms with E-state index in [0.29, 0.717) is 11.5 Å². The van der Waals surface area contributed by atoms with Crippen LogP contribution in [0, 0.1) is 0 Å². The Hall–Kier alpha value is -2.34. The van der Waals surface area contributed by atoms with Crippen LogP contribution in [0.25, 0.3) is 0 Å². The summed E-state index contributed by atoms with van der Waals surface area (Å²) in [7, 11) is 0. The third kappa shape index (κ3) is 3.65. The van der Waals surface area contributed by atoms with Gasteiger partial charge in [-0.25, -0.2) is 4.79 Å². The number of aromatic carboxylic acids is 1. The molecule has 5 nitrogen and oxygen atoms in total. The average molecular weight is 319 g/mol. The number of carboxylic acid groups (broad SMARTS) is 1. The van der Waals surface area contributed by atoms with Gasteiger partial charge in [0.15, 0.2) is 0 Å². The Morgan fingerprint density at radius 3 is 2.55 bits per heavy atom. The van der Waals surface area contributed by atoms with E-state index in [1.54, 1.807) is 0 Å². The molecule has 116 valence electrons. The van der Waals surface area contributed by atoms with E-state index < -0.39 is 5.97 Å². The van der Waals surface area contributed by atoms with E-state index in [4.69, 9.17) is 9.84 Å². The molecule has 0 spiro atoms. The maximum absolute atomic E-state index is 12.2. The summed E-state index contributed by atoms with van der Waals surface area (Å²) in [6.07, 6.45) is 0. The molecule has 0 fully saturated rings. The zero-order valence-electron chi connectivity index (χ0n) is 12.3. The molecule has 1 aromatic heterocycles. The Kier molecular flexibility index (Phi) is 5.16. The molecule has 1 atom stereocenters. The number of thiophene rings is 1. The highest BCUT2D eigenvalue weighted by atomic mass is 32.1. The van der Waals surface area contributed by atoms with E-state index in [0.717, 1.165) is 22.6 Å². The van der Waals surface area contributed by atoms with Crippen molar-refractivity contribution in [3.05, 3.63) is 51.7 Å². The van der Waals surface area contributed by atoms with Crippen molar-refractivity contribution < 1.29 is 19.4 Å². The second-order valence-corrected chi connectivity index (χ2v) is 5.72. The minimum absolute atomic E-state index is 0.146. The molecule has 0 saturated carbocycles. The van der Waals surface area contributed by atoms with Crippen LogP contribution in [0.1, 0.15) is 44.8 Å². The topological polar surface area (TPSA) is 75.6 Å². The number of carbonyl (C=O) groups is 2. The number of ether oxygens (including phenoxy) is 1. The van der Waals surface area contributed by atoms with Crippen molar-refractivity contribution in [2.24, 2.45) is 0 Å². The Morgan fingerprint density at radius 1 is 1.23 bits per heavy atom. The van der Waals surface area contributed by atoms with Crippen molar-refractivity contribution in [3.63, 3.8) is 0 Å². The predicted molar refractivity (Wildman–Crippen MR) is 84.8 cm³/mol. The predicted octanol–water partition coefficient (Wildman–Crippen LogP) is 3.34. The summed E-state index contributed by atoms with van der Waals surface area (Å²) < 4.78 is 5.55. The van der Waals surface area contributed by atoms with Gasteiger partial charge in [-0.1, -0.05) is 18.2 Å². The van der Waals surface area contributed by atoms with Crippen molar-refractivity contribution in [1.82, 2.24) is 5.32 Å². The quantitative estimate of drug-likeness (QED) is 0.856. The number of hydrogen-bond acceptors (Lipinski definition) is 4. The van der Waals surface area contributed by atoms with Gasteiger partial charge in [0.1, 0.15) is 10.6 Å². The normalized spacial score (nSPS) is 11.7. The summed E-state index contributed by atoms with van der Waals surface area (Å²) in [5, 5.41) is 11.8. The molecule has 6 heteroatoms. The van der Waals surface area contributed by atoms with E-state index >= 15 is 0 Å². The van der Waals surface area contributed by atoms with Gasteiger partial charge in [0.05, 0.1) is 17.5 Å². The smallest absolute Gasteiger partial charge is 0.345 e. The van der Waals surface area contributed by atoms with Crippen molar-refractivity contribution in [2.75, 3.05) is 6.61 Å². The van der Waals surface area contributed by atoms with Gasteiger partial charge < -0.3 is 15.2 Å². The largest absolute Gasteiger partial charge is 0.494 e. The highest BCUT2D eigenvalue weighted by molar-refractivity contribution is 7.15. The summed E-state index contributed by atoms with van der Waals surface area (Å²) in [5.74, 6) is -0.592. The fraction of sp³-hybridized carbons (Fsp3) is 0.250. The molecule has 2 N–H and O–H groups in total. The van der Waals surface area contributed by atoms with E-state index in [2.05, 4.69) is 5.32 Å². The van der Waals surface area contributed by atoms with Crippen LogP contribution in [0.4, 0.5) is 0 Å². The van der Waals surface area contributed by atoms with Crippen LogP contribution < -0.4 is 10.1 Å². The molecule has 1 amide bonds. The zero-order valence-corrected chi connectivity index (χ0v) is 13.1. The first-order valence-corrected chi connectivity index (χ1v) is 7.70. The maximum Gasteiger partial charge on any atom is 0.345 e. The van der Waals surface area contributed by atoms with Gasteiger partial charge in [-0.05, 0) is 32.0 Å². The lowest BCUT2D eigenvalue weighted by Gasteiger charge is -2.17. The molecule has 0 aliphatic rings. The van der Waals surface area contributed by atoms with E-state index in [1.165, 1.54) is 12.1 Å². The Bertz CT molecular complexity index is 680. The van der Waals surface area contributed by atoms with Crippen LogP contribution in [0.3, 0.4) is 0 Å². The van der Waals surface area contributed by atoms with E-state index in [-0.39, 0.29) is 16.8 Å². The van der Waals surface area contributed by atoms with Gasteiger partial charge in [0.2, 0.25) is 0 Å². The number of amides is 1. The van der Waals surface area contributed by atoms with E-state index in [9.17, 15) is 9.59 Å². The monoisotopic (exact) mass is 319 g/mol. The fourth-order valence-electron chi connectivity index (χ4n) is 2.05. The summed E-state index contributed by atoms with van der Waals surface area (Å²) >= 11 is 0.958. The molecule has 0 aliphatic heterocycles. The first kappa shape index (κ1) is 16.0. The van der Waals surface area contributed by atoms with Crippen LogP contribution >= 0.6 is 11.3 Å². The molecule has 2 aromatic rings. The van der Waals surface area contributed by atoms with Gasteiger partial charge in [-0.2, -0.15) is 0 Å². The average Bonchev–Trinajstić information content (AvgIpc) is 2.98. The van der Waals surface area contributed by atoms with Gasteiger partial charge in [-0.15, -0.1) is 11.3 Å². The van der Waals surface area contributed by atoms with Gasteiger partial charge in [-0.3, -0.25) is 4.79 Å². The van der Waals surface area contributed by atoms with Crippen molar-refractivity contribution in [3.8, 4) is 5.75 Å². The molecule has 0 bridgehead atoms. The highest BCUT2D eigenvalue weighted by Crippen LogP contribution is 2.25. The number of carboxylic acids is 1. The lowest BCUT2D eigenvalue weighted by Crippen LogP contribution is -2.26. The second kappa shape index (κ2) is 7.09. The third-order valence-corrected chi connectivity index (χ3v) is 4.15. The number of benzene rings is 1. The van der Waals surface area contributed by atoms with Gasteiger partial charge >= 0.3 is 5.97 Å². The van der Waals surface area contributed by atoms with Crippen LogP contribution in [-0.2, 0) is 0 Å². The zero-order chi connectivity index (χ0) is 16.1. The molecule has 1 aromatic carbocycles. The minimum Gasteiger partial charge on any atom is -0.494 e. The van der Waals surface area contributed by atoms with Crippen molar-refractivity contribution >= 4 is 23.2 Å². The van der Waals surface area contributed by atoms with Crippen LogP contribution in [0.15, 0.2) is 36.4 Å². The number of hydrogen-bond donors (Lipinski definition) is 2.